The lowest BCUT2D eigenvalue weighted by Crippen LogP contribution is -2.52. The Kier molecular flexibility index (Phi) is 5.34. The Morgan fingerprint density at radius 3 is 2.04 bits per heavy atom. The van der Waals surface area contributed by atoms with Crippen LogP contribution in [0.5, 0.6) is 0 Å². The van der Waals surface area contributed by atoms with Crippen molar-refractivity contribution in [3.8, 4) is 0 Å². The van der Waals surface area contributed by atoms with Gasteiger partial charge in [-0.25, -0.2) is 0 Å². The highest BCUT2D eigenvalue weighted by atomic mass is 16.3. The van der Waals surface area contributed by atoms with Crippen molar-refractivity contribution >= 4 is 0 Å². The lowest BCUT2D eigenvalue weighted by Gasteiger charge is -2.46. The van der Waals surface area contributed by atoms with Gasteiger partial charge in [-0.15, -0.1) is 0 Å². The van der Waals surface area contributed by atoms with Gasteiger partial charge < -0.3 is 10.8 Å². The van der Waals surface area contributed by atoms with Crippen molar-refractivity contribution in [2.45, 2.75) is 118 Å². The SMILES string of the molecule is CC.CC.CCC1(C)C/C2=C3\C4(C)CCC(C)(CCC34O)CC1(N)C2. The molecule has 0 amide bonds. The van der Waals surface area contributed by atoms with E-state index in [9.17, 15) is 5.11 Å². The Balaban J connectivity index is 0.000000528. The molecule has 5 atom stereocenters. The first kappa shape index (κ1) is 21.0. The summed E-state index contributed by atoms with van der Waals surface area (Å²) in [6.45, 7) is 17.4. The molecular formula is C23H43NO. The lowest BCUT2D eigenvalue weighted by atomic mass is 9.62. The molecule has 0 aromatic rings. The van der Waals surface area contributed by atoms with Crippen molar-refractivity contribution in [2.75, 3.05) is 0 Å². The van der Waals surface area contributed by atoms with Crippen molar-refractivity contribution < 1.29 is 5.11 Å². The molecular weight excluding hydrogens is 306 g/mol. The molecule has 2 nitrogen and oxygen atoms in total. The quantitative estimate of drug-likeness (QED) is 0.572. The van der Waals surface area contributed by atoms with E-state index in [1.807, 2.05) is 27.7 Å². The summed E-state index contributed by atoms with van der Waals surface area (Å²) in [6, 6.07) is 0. The molecule has 5 aliphatic carbocycles. The number of fused-ring (bicyclic) bond motifs is 2. The van der Waals surface area contributed by atoms with E-state index < -0.39 is 5.60 Å². The second kappa shape index (κ2) is 6.37. The second-order valence-corrected chi connectivity index (χ2v) is 9.58. The van der Waals surface area contributed by atoms with E-state index in [-0.39, 0.29) is 16.4 Å². The topological polar surface area (TPSA) is 46.2 Å². The van der Waals surface area contributed by atoms with Crippen LogP contribution in [0.15, 0.2) is 11.1 Å². The highest BCUT2D eigenvalue weighted by Gasteiger charge is 2.73. The van der Waals surface area contributed by atoms with Gasteiger partial charge in [-0.05, 0) is 67.8 Å². The van der Waals surface area contributed by atoms with Crippen LogP contribution >= 0.6 is 0 Å². The zero-order valence-electron chi connectivity index (χ0n) is 18.2. The molecule has 3 fully saturated rings. The smallest absolute Gasteiger partial charge is 0.0957 e. The van der Waals surface area contributed by atoms with Gasteiger partial charge in [0.2, 0.25) is 0 Å². The van der Waals surface area contributed by atoms with Crippen LogP contribution in [0.25, 0.3) is 0 Å². The first-order chi connectivity index (χ1) is 11.6. The van der Waals surface area contributed by atoms with Crippen LogP contribution in [-0.4, -0.2) is 16.2 Å². The summed E-state index contributed by atoms with van der Waals surface area (Å²) in [5.74, 6) is 0. The number of hydrogen-bond acceptors (Lipinski definition) is 2. The zero-order chi connectivity index (χ0) is 19.3. The van der Waals surface area contributed by atoms with Crippen molar-refractivity contribution in [1.29, 1.82) is 0 Å². The first-order valence-electron chi connectivity index (χ1n) is 10.9. The summed E-state index contributed by atoms with van der Waals surface area (Å²) >= 11 is 0. The molecule has 0 radical (unpaired) electrons. The molecule has 0 aromatic carbocycles. The average molecular weight is 350 g/mol. The summed E-state index contributed by atoms with van der Waals surface area (Å²) in [5.41, 5.74) is 9.99. The van der Waals surface area contributed by atoms with E-state index in [2.05, 4.69) is 27.7 Å². The third-order valence-electron chi connectivity index (χ3n) is 8.35. The fourth-order valence-corrected chi connectivity index (χ4v) is 6.38. The zero-order valence-corrected chi connectivity index (χ0v) is 18.2. The molecule has 0 heterocycles. The highest BCUT2D eigenvalue weighted by Crippen LogP contribution is 2.74. The Labute approximate surface area is 156 Å². The highest BCUT2D eigenvalue weighted by molar-refractivity contribution is 5.54. The third kappa shape index (κ3) is 2.65. The second-order valence-electron chi connectivity index (χ2n) is 9.58. The van der Waals surface area contributed by atoms with Crippen molar-refractivity contribution in [3.05, 3.63) is 11.1 Å². The van der Waals surface area contributed by atoms with Gasteiger partial charge in [0.15, 0.2) is 0 Å². The van der Waals surface area contributed by atoms with Crippen molar-refractivity contribution in [2.24, 2.45) is 22.0 Å². The van der Waals surface area contributed by atoms with Crippen LogP contribution in [0.2, 0.25) is 0 Å². The minimum atomic E-state index is -0.496. The van der Waals surface area contributed by atoms with Gasteiger partial charge in [-0.1, -0.05) is 61.0 Å². The maximum atomic E-state index is 11.3. The molecule has 0 saturated heterocycles. The molecule has 0 aromatic heterocycles. The first-order valence-corrected chi connectivity index (χ1v) is 10.9. The van der Waals surface area contributed by atoms with Gasteiger partial charge in [0.25, 0.3) is 0 Å². The monoisotopic (exact) mass is 349 g/mol. The Bertz CT molecular complexity index is 530. The predicted molar refractivity (Wildman–Crippen MR) is 109 cm³/mol. The molecule has 5 aliphatic rings. The van der Waals surface area contributed by atoms with Crippen LogP contribution in [0.1, 0.15) is 107 Å². The molecule has 3 saturated carbocycles. The van der Waals surface area contributed by atoms with Gasteiger partial charge in [-0.3, -0.25) is 0 Å². The molecule has 6 bridgehead atoms. The van der Waals surface area contributed by atoms with E-state index in [4.69, 9.17) is 5.73 Å². The van der Waals surface area contributed by atoms with E-state index in [1.165, 1.54) is 17.6 Å². The van der Waals surface area contributed by atoms with Crippen LogP contribution in [-0.2, 0) is 0 Å². The van der Waals surface area contributed by atoms with Crippen LogP contribution < -0.4 is 5.73 Å². The fourth-order valence-electron chi connectivity index (χ4n) is 6.38. The fraction of sp³-hybridized carbons (Fsp3) is 0.913. The van der Waals surface area contributed by atoms with Crippen LogP contribution in [0, 0.1) is 16.2 Å². The van der Waals surface area contributed by atoms with E-state index in [0.29, 0.717) is 5.41 Å². The van der Waals surface area contributed by atoms with Crippen LogP contribution in [0.4, 0.5) is 0 Å². The molecule has 146 valence electrons. The Morgan fingerprint density at radius 2 is 1.48 bits per heavy atom. The maximum Gasteiger partial charge on any atom is 0.0957 e. The summed E-state index contributed by atoms with van der Waals surface area (Å²) in [5, 5.41) is 11.3. The molecule has 5 unspecified atom stereocenters. The number of nitrogens with two attached hydrogens (primary N) is 1. The molecule has 5 rings (SSSR count). The lowest BCUT2D eigenvalue weighted by molar-refractivity contribution is 0.0796. The molecule has 0 spiro atoms. The minimum absolute atomic E-state index is 0.0599. The summed E-state index contributed by atoms with van der Waals surface area (Å²) in [7, 11) is 0. The van der Waals surface area contributed by atoms with Crippen molar-refractivity contribution in [3.63, 3.8) is 0 Å². The summed E-state index contributed by atoms with van der Waals surface area (Å²) < 4.78 is 0. The van der Waals surface area contributed by atoms with Crippen molar-refractivity contribution in [1.82, 2.24) is 0 Å². The standard InChI is InChI=1S/C19H31NO.2C2H6/c1-5-16(3)10-13-11-18(16,20)12-15(2)6-8-17(4)14(13)19(17,21)9-7-15;2*1-2/h21H,5-12,20H2,1-4H3;2*1-2H3/b14-13-;;. The largest absolute Gasteiger partial charge is 0.385 e. The normalized spacial score (nSPS) is 52.6. The third-order valence-corrected chi connectivity index (χ3v) is 8.35. The Morgan fingerprint density at radius 1 is 0.920 bits per heavy atom. The maximum absolute atomic E-state index is 11.3. The minimum Gasteiger partial charge on any atom is -0.385 e. The predicted octanol–water partition coefficient (Wildman–Crippen LogP) is 5.98. The summed E-state index contributed by atoms with van der Waals surface area (Å²) in [6.07, 6.45) is 8.88. The van der Waals surface area contributed by atoms with E-state index in [0.717, 1.165) is 44.9 Å². The number of hydrogen-bond donors (Lipinski definition) is 2. The Hall–Kier alpha value is -0.340. The molecule has 3 N–H and O–H groups in total. The number of rotatable bonds is 1. The molecule has 0 aliphatic heterocycles. The molecule has 25 heavy (non-hydrogen) atoms. The van der Waals surface area contributed by atoms with Gasteiger partial charge in [0.05, 0.1) is 5.60 Å². The van der Waals surface area contributed by atoms with Crippen LogP contribution in [0.3, 0.4) is 0 Å². The van der Waals surface area contributed by atoms with Gasteiger partial charge in [-0.2, -0.15) is 0 Å². The average Bonchev–Trinajstić information content (AvgIpc) is 2.97. The summed E-state index contributed by atoms with van der Waals surface area (Å²) in [4.78, 5) is 0. The number of aliphatic hydroxyl groups is 1. The van der Waals surface area contributed by atoms with Gasteiger partial charge in [0, 0.05) is 11.0 Å². The van der Waals surface area contributed by atoms with Gasteiger partial charge in [0.1, 0.15) is 0 Å². The van der Waals surface area contributed by atoms with E-state index >= 15 is 0 Å². The van der Waals surface area contributed by atoms with E-state index in [1.54, 1.807) is 0 Å². The molecule has 2 heteroatoms. The van der Waals surface area contributed by atoms with Gasteiger partial charge >= 0.3 is 0 Å².